The van der Waals surface area contributed by atoms with Crippen LogP contribution in [0.15, 0.2) is 0 Å². The Hall–Kier alpha value is -0.660. The van der Waals surface area contributed by atoms with Crippen LogP contribution in [-0.4, -0.2) is 57.7 Å². The zero-order valence-electron chi connectivity index (χ0n) is 9.60. The highest BCUT2D eigenvalue weighted by atomic mass is 32.2. The summed E-state index contributed by atoms with van der Waals surface area (Å²) in [5.41, 5.74) is 0. The second-order valence-corrected chi connectivity index (χ2v) is 5.88. The Morgan fingerprint density at radius 3 is 2.75 bits per heavy atom. The molecular weight excluding hydrogens is 232 g/mol. The molecule has 94 valence electrons. The maximum absolute atomic E-state index is 11.8. The van der Waals surface area contributed by atoms with Gasteiger partial charge in [-0.1, -0.05) is 0 Å². The van der Waals surface area contributed by atoms with E-state index in [0.29, 0.717) is 6.54 Å². The van der Waals surface area contributed by atoms with Crippen molar-refractivity contribution in [3.8, 4) is 0 Å². The van der Waals surface area contributed by atoms with Crippen molar-refractivity contribution in [2.75, 3.05) is 33.0 Å². The Morgan fingerprint density at radius 2 is 2.25 bits per heavy atom. The predicted octanol–water partition coefficient (Wildman–Crippen LogP) is -0.827. The van der Waals surface area contributed by atoms with Crippen LogP contribution < -0.4 is 5.32 Å². The van der Waals surface area contributed by atoms with Gasteiger partial charge in [-0.2, -0.15) is 0 Å². The molecule has 1 rings (SSSR count). The van der Waals surface area contributed by atoms with Gasteiger partial charge in [0.15, 0.2) is 5.75 Å². The van der Waals surface area contributed by atoms with Crippen LogP contribution in [0.2, 0.25) is 0 Å². The minimum absolute atomic E-state index is 0.0663. The number of methoxy groups -OCH3 is 1. The highest BCUT2D eigenvalue weighted by Gasteiger charge is 2.29. The molecule has 0 bridgehead atoms. The lowest BCUT2D eigenvalue weighted by Gasteiger charge is -2.30. The number of ether oxygens (including phenoxy) is 1. The number of sulfonamides is 1. The Morgan fingerprint density at radius 1 is 1.56 bits per heavy atom. The molecule has 1 N–H and O–H groups in total. The Labute approximate surface area is 96.0 Å². The van der Waals surface area contributed by atoms with Crippen LogP contribution >= 0.6 is 0 Å². The molecule has 0 radical (unpaired) electrons. The second-order valence-electron chi connectivity index (χ2n) is 3.85. The van der Waals surface area contributed by atoms with Crippen LogP contribution in [0.4, 0.5) is 0 Å². The molecule has 7 heteroatoms. The number of esters is 1. The second kappa shape index (κ2) is 5.60. The summed E-state index contributed by atoms with van der Waals surface area (Å²) in [5.74, 6) is -1.31. The molecule has 1 fully saturated rings. The van der Waals surface area contributed by atoms with Crippen molar-refractivity contribution < 1.29 is 17.9 Å². The molecule has 0 amide bonds. The first-order valence-corrected chi connectivity index (χ1v) is 6.81. The van der Waals surface area contributed by atoms with Gasteiger partial charge in [0.1, 0.15) is 0 Å². The standard InChI is InChI=1S/C9H18N2O4S/c1-11(8-4-3-5-10-6-8)16(13,14)7-9(12)15-2/h8,10H,3-7H2,1-2H3. The van der Waals surface area contributed by atoms with Gasteiger partial charge in [0.2, 0.25) is 10.0 Å². The summed E-state index contributed by atoms with van der Waals surface area (Å²) >= 11 is 0. The maximum atomic E-state index is 11.8. The Bertz CT molecular complexity index is 335. The molecule has 1 atom stereocenters. The lowest BCUT2D eigenvalue weighted by Crippen LogP contribution is -2.48. The summed E-state index contributed by atoms with van der Waals surface area (Å²) in [7, 11) is -0.862. The molecule has 1 unspecified atom stereocenters. The molecule has 1 saturated heterocycles. The third-order valence-corrected chi connectivity index (χ3v) is 4.53. The highest BCUT2D eigenvalue weighted by Crippen LogP contribution is 2.12. The average Bonchev–Trinajstić information content (AvgIpc) is 2.28. The van der Waals surface area contributed by atoms with Gasteiger partial charge >= 0.3 is 5.97 Å². The summed E-state index contributed by atoms with van der Waals surface area (Å²) in [6.07, 6.45) is 1.77. The summed E-state index contributed by atoms with van der Waals surface area (Å²) in [6.45, 7) is 1.55. The number of nitrogens with zero attached hydrogens (tertiary/aromatic N) is 1. The fourth-order valence-electron chi connectivity index (χ4n) is 1.68. The van der Waals surface area contributed by atoms with E-state index in [1.54, 1.807) is 0 Å². The summed E-state index contributed by atoms with van der Waals surface area (Å²) in [5, 5.41) is 3.13. The highest BCUT2D eigenvalue weighted by molar-refractivity contribution is 7.89. The normalized spacial score (nSPS) is 22.1. The van der Waals surface area contributed by atoms with Crippen molar-refractivity contribution in [3.63, 3.8) is 0 Å². The SMILES string of the molecule is COC(=O)CS(=O)(=O)N(C)C1CCCNC1. The van der Waals surface area contributed by atoms with Gasteiger partial charge in [0.25, 0.3) is 0 Å². The van der Waals surface area contributed by atoms with Crippen LogP contribution in [0.3, 0.4) is 0 Å². The minimum atomic E-state index is -3.55. The van der Waals surface area contributed by atoms with Gasteiger partial charge in [-0.15, -0.1) is 0 Å². The van der Waals surface area contributed by atoms with Gasteiger partial charge < -0.3 is 10.1 Å². The van der Waals surface area contributed by atoms with Gasteiger partial charge in [0, 0.05) is 19.6 Å². The van der Waals surface area contributed by atoms with E-state index >= 15 is 0 Å². The molecule has 1 heterocycles. The van der Waals surface area contributed by atoms with Gasteiger partial charge in [0.05, 0.1) is 7.11 Å². The molecule has 0 aliphatic carbocycles. The van der Waals surface area contributed by atoms with Crippen LogP contribution in [0, 0.1) is 0 Å². The zero-order valence-corrected chi connectivity index (χ0v) is 10.4. The van der Waals surface area contributed by atoms with E-state index in [1.807, 2.05) is 0 Å². The number of nitrogens with one attached hydrogen (secondary N) is 1. The van der Waals surface area contributed by atoms with E-state index < -0.39 is 21.7 Å². The van der Waals surface area contributed by atoms with Gasteiger partial charge in [-0.3, -0.25) is 4.79 Å². The van der Waals surface area contributed by atoms with E-state index in [4.69, 9.17) is 0 Å². The summed E-state index contributed by atoms with van der Waals surface area (Å²) < 4.78 is 29.2. The molecule has 6 nitrogen and oxygen atoms in total. The molecule has 0 aromatic carbocycles. The molecule has 0 aromatic rings. The molecule has 0 saturated carbocycles. The quantitative estimate of drug-likeness (QED) is 0.659. The van der Waals surface area contributed by atoms with Crippen molar-refractivity contribution in [2.45, 2.75) is 18.9 Å². The van der Waals surface area contributed by atoms with Crippen molar-refractivity contribution >= 4 is 16.0 Å². The molecule has 0 aromatic heterocycles. The molecule has 1 aliphatic heterocycles. The van der Waals surface area contributed by atoms with Crippen LogP contribution in [-0.2, 0) is 19.6 Å². The lowest BCUT2D eigenvalue weighted by atomic mass is 10.1. The van der Waals surface area contributed by atoms with Crippen molar-refractivity contribution in [1.29, 1.82) is 0 Å². The topological polar surface area (TPSA) is 75.7 Å². The Kier molecular flexibility index (Phi) is 4.69. The third-order valence-electron chi connectivity index (χ3n) is 2.75. The average molecular weight is 250 g/mol. The van der Waals surface area contributed by atoms with E-state index in [9.17, 15) is 13.2 Å². The third kappa shape index (κ3) is 3.43. The Balaban J connectivity index is 2.63. The molecule has 0 spiro atoms. The zero-order chi connectivity index (χ0) is 12.2. The van der Waals surface area contributed by atoms with E-state index in [-0.39, 0.29) is 6.04 Å². The molecule has 16 heavy (non-hydrogen) atoms. The van der Waals surface area contributed by atoms with E-state index in [0.717, 1.165) is 19.4 Å². The lowest BCUT2D eigenvalue weighted by molar-refractivity contribution is -0.137. The van der Waals surface area contributed by atoms with Crippen LogP contribution in [0.25, 0.3) is 0 Å². The smallest absolute Gasteiger partial charge is 0.322 e. The summed E-state index contributed by atoms with van der Waals surface area (Å²) in [4.78, 5) is 11.0. The number of carbonyl (C=O) groups excluding carboxylic acids is 1. The fourth-order valence-corrected chi connectivity index (χ4v) is 2.93. The molecule has 1 aliphatic rings. The summed E-state index contributed by atoms with van der Waals surface area (Å²) in [6, 6.07) is -0.0663. The largest absolute Gasteiger partial charge is 0.468 e. The number of hydrogen-bond acceptors (Lipinski definition) is 5. The van der Waals surface area contributed by atoms with Crippen molar-refractivity contribution in [3.05, 3.63) is 0 Å². The minimum Gasteiger partial charge on any atom is -0.468 e. The van der Waals surface area contributed by atoms with Gasteiger partial charge in [-0.05, 0) is 19.4 Å². The maximum Gasteiger partial charge on any atom is 0.322 e. The fraction of sp³-hybridized carbons (Fsp3) is 0.889. The monoisotopic (exact) mass is 250 g/mol. The first-order chi connectivity index (χ1) is 7.47. The van der Waals surface area contributed by atoms with Crippen LogP contribution in [0.5, 0.6) is 0 Å². The van der Waals surface area contributed by atoms with Crippen LogP contribution in [0.1, 0.15) is 12.8 Å². The number of likely N-dealkylation sites (N-methyl/N-ethyl adjacent to an activating group) is 1. The number of hydrogen-bond donors (Lipinski definition) is 1. The van der Waals surface area contributed by atoms with Crippen molar-refractivity contribution in [1.82, 2.24) is 9.62 Å². The molecular formula is C9H18N2O4S. The number of carbonyl (C=O) groups is 1. The first kappa shape index (κ1) is 13.4. The van der Waals surface area contributed by atoms with Gasteiger partial charge in [-0.25, -0.2) is 12.7 Å². The first-order valence-electron chi connectivity index (χ1n) is 5.20. The van der Waals surface area contributed by atoms with E-state index in [2.05, 4.69) is 10.1 Å². The number of rotatable bonds is 4. The number of piperidine rings is 1. The van der Waals surface area contributed by atoms with E-state index in [1.165, 1.54) is 18.5 Å². The predicted molar refractivity (Wildman–Crippen MR) is 59.5 cm³/mol. The van der Waals surface area contributed by atoms with Crippen molar-refractivity contribution in [2.24, 2.45) is 0 Å².